The lowest BCUT2D eigenvalue weighted by atomic mass is 10.2. The van der Waals surface area contributed by atoms with Gasteiger partial charge in [0.05, 0.1) is 35.4 Å². The van der Waals surface area contributed by atoms with Gasteiger partial charge < -0.3 is 18.9 Å². The van der Waals surface area contributed by atoms with E-state index in [4.69, 9.17) is 9.47 Å². The number of aromatic nitrogens is 1. The van der Waals surface area contributed by atoms with E-state index < -0.39 is 34.3 Å². The molecule has 0 saturated heterocycles. The standard InChI is InChI=1S/C28H32F3N3O5S/c1-27(2,3)39-26(35)33(24-14-13-20(40(7,36)37)17-25(24)38-6)15-9-10-19-16-21-22(32(4)5)11-8-12-23(21)34(19)18-28(29,30)31/h8,11-14,16-17H,15,18H2,1-7H3. The zero-order chi connectivity index (χ0) is 30.0. The molecule has 0 N–H and O–H groups in total. The largest absolute Gasteiger partial charge is 0.495 e. The summed E-state index contributed by atoms with van der Waals surface area (Å²) in [5, 5.41) is 0.600. The number of benzene rings is 2. The molecule has 8 nitrogen and oxygen atoms in total. The molecule has 0 atom stereocenters. The van der Waals surface area contributed by atoms with Gasteiger partial charge in [-0.2, -0.15) is 13.2 Å². The first kappa shape index (κ1) is 30.7. The minimum Gasteiger partial charge on any atom is -0.495 e. The van der Waals surface area contributed by atoms with Crippen molar-refractivity contribution in [2.24, 2.45) is 0 Å². The molecule has 0 bridgehead atoms. The number of hydrogen-bond acceptors (Lipinski definition) is 6. The second-order valence-electron chi connectivity index (χ2n) is 10.3. The molecule has 0 fully saturated rings. The van der Waals surface area contributed by atoms with Gasteiger partial charge >= 0.3 is 12.3 Å². The van der Waals surface area contributed by atoms with Crippen molar-refractivity contribution in [1.29, 1.82) is 0 Å². The van der Waals surface area contributed by atoms with Gasteiger partial charge in [-0.1, -0.05) is 12.0 Å². The highest BCUT2D eigenvalue weighted by Crippen LogP contribution is 2.33. The van der Waals surface area contributed by atoms with Gasteiger partial charge in [0.1, 0.15) is 17.9 Å². The third kappa shape index (κ3) is 7.41. The average molecular weight is 580 g/mol. The number of halogens is 3. The summed E-state index contributed by atoms with van der Waals surface area (Å²) in [5.41, 5.74) is 0.529. The van der Waals surface area contributed by atoms with Crippen LogP contribution in [0.15, 0.2) is 47.4 Å². The number of alkyl halides is 3. The molecule has 3 aromatic rings. The molecule has 216 valence electrons. The monoisotopic (exact) mass is 579 g/mol. The van der Waals surface area contributed by atoms with Gasteiger partial charge in [0.2, 0.25) is 0 Å². The molecule has 0 radical (unpaired) electrons. The van der Waals surface area contributed by atoms with Crippen LogP contribution in [0.4, 0.5) is 29.3 Å². The van der Waals surface area contributed by atoms with E-state index in [0.717, 1.165) is 21.4 Å². The molecule has 40 heavy (non-hydrogen) atoms. The average Bonchev–Trinajstić information content (AvgIpc) is 3.15. The Hall–Kier alpha value is -3.85. The normalized spacial score (nSPS) is 12.1. The van der Waals surface area contributed by atoms with Crippen molar-refractivity contribution in [2.45, 2.75) is 44.0 Å². The van der Waals surface area contributed by atoms with Crippen molar-refractivity contribution in [3.05, 3.63) is 48.2 Å². The van der Waals surface area contributed by atoms with Gasteiger partial charge in [-0.15, -0.1) is 0 Å². The number of anilines is 2. The molecule has 0 saturated carbocycles. The number of fused-ring (bicyclic) bond motifs is 1. The number of methoxy groups -OCH3 is 1. The molecule has 0 spiro atoms. The Morgan fingerprint density at radius 1 is 1.05 bits per heavy atom. The van der Waals surface area contributed by atoms with E-state index in [1.54, 1.807) is 64.0 Å². The highest BCUT2D eigenvalue weighted by Gasteiger charge is 2.30. The molecule has 2 aromatic carbocycles. The van der Waals surface area contributed by atoms with Crippen LogP contribution in [0.3, 0.4) is 0 Å². The Balaban J connectivity index is 2.12. The molecule has 0 unspecified atom stereocenters. The predicted octanol–water partition coefficient (Wildman–Crippen LogP) is 5.47. The van der Waals surface area contributed by atoms with E-state index in [2.05, 4.69) is 11.8 Å². The second-order valence-corrected chi connectivity index (χ2v) is 12.3. The van der Waals surface area contributed by atoms with Gasteiger partial charge in [0, 0.05) is 37.5 Å². The molecule has 12 heteroatoms. The number of hydrogen-bond donors (Lipinski definition) is 0. The fourth-order valence-corrected chi connectivity index (χ4v) is 4.63. The maximum atomic E-state index is 13.5. The van der Waals surface area contributed by atoms with Crippen LogP contribution >= 0.6 is 0 Å². The quantitative estimate of drug-likeness (QED) is 0.360. The number of rotatable bonds is 6. The summed E-state index contributed by atoms with van der Waals surface area (Å²) >= 11 is 0. The first-order valence-electron chi connectivity index (χ1n) is 12.1. The molecule has 1 amide bonds. The number of ether oxygens (including phenoxy) is 2. The van der Waals surface area contributed by atoms with E-state index in [9.17, 15) is 26.4 Å². The summed E-state index contributed by atoms with van der Waals surface area (Å²) in [6, 6.07) is 10.7. The fourth-order valence-electron chi connectivity index (χ4n) is 4.00. The smallest absolute Gasteiger partial charge is 0.415 e. The van der Waals surface area contributed by atoms with E-state index in [-0.39, 0.29) is 28.6 Å². The highest BCUT2D eigenvalue weighted by atomic mass is 32.2. The highest BCUT2D eigenvalue weighted by molar-refractivity contribution is 7.90. The molecule has 3 rings (SSSR count). The lowest BCUT2D eigenvalue weighted by Crippen LogP contribution is -2.37. The van der Waals surface area contributed by atoms with Crippen LogP contribution in [-0.4, -0.2) is 64.9 Å². The lowest BCUT2D eigenvalue weighted by Gasteiger charge is -2.27. The minimum atomic E-state index is -4.49. The molecule has 0 aliphatic rings. The number of carbonyl (C=O) groups excluding carboxylic acids is 1. The summed E-state index contributed by atoms with van der Waals surface area (Å²) in [5.74, 6) is 5.67. The fraction of sp³-hybridized carbons (Fsp3) is 0.393. The van der Waals surface area contributed by atoms with Crippen molar-refractivity contribution in [3.63, 3.8) is 0 Å². The van der Waals surface area contributed by atoms with Crippen LogP contribution in [-0.2, 0) is 21.1 Å². The van der Waals surface area contributed by atoms with E-state index in [0.29, 0.717) is 10.9 Å². The number of nitrogens with zero attached hydrogens (tertiary/aromatic N) is 3. The Labute approximate surface area is 232 Å². The first-order chi connectivity index (χ1) is 18.4. The third-order valence-corrected chi connectivity index (χ3v) is 6.79. The maximum Gasteiger partial charge on any atom is 0.415 e. The topological polar surface area (TPSA) is 81.1 Å². The third-order valence-electron chi connectivity index (χ3n) is 5.68. The van der Waals surface area contributed by atoms with Crippen molar-refractivity contribution < 1.29 is 35.9 Å². The molecule has 1 aromatic heterocycles. The Morgan fingerprint density at radius 3 is 2.27 bits per heavy atom. The molecular weight excluding hydrogens is 547 g/mol. The Morgan fingerprint density at radius 2 is 1.73 bits per heavy atom. The Bertz CT molecular complexity index is 1580. The van der Waals surface area contributed by atoms with Crippen LogP contribution in [0.1, 0.15) is 26.5 Å². The van der Waals surface area contributed by atoms with Crippen LogP contribution in [0.5, 0.6) is 5.75 Å². The first-order valence-corrected chi connectivity index (χ1v) is 14.0. The van der Waals surface area contributed by atoms with Gasteiger partial charge in [-0.25, -0.2) is 13.2 Å². The SMILES string of the molecule is COc1cc(S(C)(=O)=O)ccc1N(CC#Cc1cc2c(N(C)C)cccc2n1CC(F)(F)F)C(=O)OC(C)(C)C. The van der Waals surface area contributed by atoms with E-state index in [1.807, 2.05) is 0 Å². The molecule has 0 aliphatic heterocycles. The van der Waals surface area contributed by atoms with Crippen molar-refractivity contribution in [3.8, 4) is 17.6 Å². The molecule has 1 heterocycles. The maximum absolute atomic E-state index is 13.5. The van der Waals surface area contributed by atoms with Crippen molar-refractivity contribution >= 4 is 38.2 Å². The van der Waals surface area contributed by atoms with Gasteiger partial charge in [0.25, 0.3) is 0 Å². The number of amides is 1. The zero-order valence-electron chi connectivity index (χ0n) is 23.4. The zero-order valence-corrected chi connectivity index (χ0v) is 24.2. The van der Waals surface area contributed by atoms with Crippen LogP contribution in [0.25, 0.3) is 10.9 Å². The predicted molar refractivity (Wildman–Crippen MR) is 149 cm³/mol. The molecule has 0 aliphatic carbocycles. The van der Waals surface area contributed by atoms with Crippen molar-refractivity contribution in [1.82, 2.24) is 4.57 Å². The van der Waals surface area contributed by atoms with E-state index >= 15 is 0 Å². The van der Waals surface area contributed by atoms with Crippen LogP contribution in [0.2, 0.25) is 0 Å². The Kier molecular flexibility index (Phi) is 8.69. The van der Waals surface area contributed by atoms with E-state index in [1.165, 1.54) is 25.3 Å². The van der Waals surface area contributed by atoms with Crippen LogP contribution < -0.4 is 14.5 Å². The van der Waals surface area contributed by atoms with Gasteiger partial charge in [0.15, 0.2) is 9.84 Å². The summed E-state index contributed by atoms with van der Waals surface area (Å²) in [6.07, 6.45) is -4.24. The lowest BCUT2D eigenvalue weighted by molar-refractivity contribution is -0.140. The number of carbonyl (C=O) groups is 1. The van der Waals surface area contributed by atoms with Gasteiger partial charge in [-0.3, -0.25) is 4.90 Å². The molecular formula is C28H32F3N3O5S. The van der Waals surface area contributed by atoms with Gasteiger partial charge in [-0.05, 0) is 57.0 Å². The second kappa shape index (κ2) is 11.3. The number of sulfone groups is 1. The van der Waals surface area contributed by atoms with Crippen molar-refractivity contribution in [2.75, 3.05) is 43.8 Å². The summed E-state index contributed by atoms with van der Waals surface area (Å²) in [4.78, 5) is 16.1. The summed E-state index contributed by atoms with van der Waals surface area (Å²) < 4.78 is 76.6. The minimum absolute atomic E-state index is 0.0170. The summed E-state index contributed by atoms with van der Waals surface area (Å²) in [7, 11) is 1.35. The van der Waals surface area contributed by atoms with Crippen LogP contribution in [0, 0.1) is 11.8 Å². The summed E-state index contributed by atoms with van der Waals surface area (Å²) in [6.45, 7) is 3.51.